The first-order chi connectivity index (χ1) is 6.70. The number of rotatable bonds is 6. The maximum Gasteiger partial charge on any atom is 0.309 e. The van der Waals surface area contributed by atoms with Crippen molar-refractivity contribution in [1.82, 2.24) is 0 Å². The van der Waals surface area contributed by atoms with E-state index in [1.807, 2.05) is 26.0 Å². The largest absolute Gasteiger partial charge is 0.466 e. The molecule has 0 radical (unpaired) electrons. The Morgan fingerprint density at radius 3 is 2.64 bits per heavy atom. The lowest BCUT2D eigenvalue weighted by Crippen LogP contribution is -2.03. The van der Waals surface area contributed by atoms with Crippen molar-refractivity contribution in [3.8, 4) is 0 Å². The molecular formula is C12H20O2. The molecule has 80 valence electrons. The molecule has 2 nitrogen and oxygen atoms in total. The van der Waals surface area contributed by atoms with Crippen molar-refractivity contribution < 1.29 is 9.53 Å². The third-order valence-electron chi connectivity index (χ3n) is 1.70. The molecule has 0 aliphatic carbocycles. The van der Waals surface area contributed by atoms with Gasteiger partial charge < -0.3 is 4.74 Å². The van der Waals surface area contributed by atoms with Crippen LogP contribution in [0.25, 0.3) is 0 Å². The molecule has 0 aliphatic rings. The number of carbonyl (C=O) groups excluding carboxylic acids is 1. The fourth-order valence-corrected chi connectivity index (χ4v) is 0.994. The molecular weight excluding hydrogens is 176 g/mol. The average molecular weight is 196 g/mol. The minimum atomic E-state index is -0.148. The number of allylic oxidation sites excluding steroid dienone is 3. The highest BCUT2D eigenvalue weighted by molar-refractivity contribution is 5.72. The van der Waals surface area contributed by atoms with E-state index in [9.17, 15) is 4.79 Å². The quantitative estimate of drug-likeness (QED) is 0.481. The fraction of sp³-hybridized carbons (Fsp3) is 0.583. The molecule has 0 amide bonds. The van der Waals surface area contributed by atoms with Crippen LogP contribution in [-0.2, 0) is 9.53 Å². The van der Waals surface area contributed by atoms with Gasteiger partial charge >= 0.3 is 5.97 Å². The maximum absolute atomic E-state index is 11.1. The van der Waals surface area contributed by atoms with E-state index < -0.39 is 0 Å². The molecule has 0 fully saturated rings. The number of ether oxygens (including phenoxy) is 1. The Kier molecular flexibility index (Phi) is 7.90. The van der Waals surface area contributed by atoms with Crippen LogP contribution >= 0.6 is 0 Å². The van der Waals surface area contributed by atoms with Gasteiger partial charge in [-0.1, -0.05) is 37.1 Å². The third-order valence-corrected chi connectivity index (χ3v) is 1.70. The summed E-state index contributed by atoms with van der Waals surface area (Å²) in [6.45, 7) is 6.35. The second-order valence-electron chi connectivity index (χ2n) is 3.21. The molecule has 0 aromatic rings. The Hall–Kier alpha value is -1.05. The highest BCUT2D eigenvalue weighted by Crippen LogP contribution is 2.02. The van der Waals surface area contributed by atoms with E-state index >= 15 is 0 Å². The summed E-state index contributed by atoms with van der Waals surface area (Å²) >= 11 is 0. The van der Waals surface area contributed by atoms with Crippen molar-refractivity contribution >= 4 is 5.97 Å². The summed E-state index contributed by atoms with van der Waals surface area (Å²) in [7, 11) is 0. The zero-order chi connectivity index (χ0) is 10.8. The van der Waals surface area contributed by atoms with Crippen LogP contribution in [0.1, 0.15) is 40.0 Å². The summed E-state index contributed by atoms with van der Waals surface area (Å²) < 4.78 is 4.84. The molecule has 0 unspecified atom stereocenters. The molecule has 2 heteroatoms. The predicted molar refractivity (Wildman–Crippen MR) is 59.1 cm³/mol. The first kappa shape index (κ1) is 12.9. The van der Waals surface area contributed by atoms with Crippen LogP contribution in [0.2, 0.25) is 0 Å². The third kappa shape index (κ3) is 7.59. The van der Waals surface area contributed by atoms with E-state index in [2.05, 4.69) is 13.0 Å². The van der Waals surface area contributed by atoms with Gasteiger partial charge in [-0.05, 0) is 20.3 Å². The van der Waals surface area contributed by atoms with E-state index in [1.165, 1.54) is 0 Å². The molecule has 0 saturated heterocycles. The van der Waals surface area contributed by atoms with Crippen LogP contribution < -0.4 is 0 Å². The second-order valence-corrected chi connectivity index (χ2v) is 3.21. The minimum Gasteiger partial charge on any atom is -0.466 e. The molecule has 0 aliphatic heterocycles. The van der Waals surface area contributed by atoms with E-state index in [4.69, 9.17) is 4.74 Å². The van der Waals surface area contributed by atoms with E-state index in [1.54, 1.807) is 0 Å². The maximum atomic E-state index is 11.1. The molecule has 0 heterocycles. The van der Waals surface area contributed by atoms with E-state index in [0.717, 1.165) is 18.4 Å². The fourth-order valence-electron chi connectivity index (χ4n) is 0.994. The number of esters is 1. The Balaban J connectivity index is 3.82. The Morgan fingerprint density at radius 1 is 1.36 bits per heavy atom. The predicted octanol–water partition coefficient (Wildman–Crippen LogP) is 3.24. The number of hydrogen-bond donors (Lipinski definition) is 0. The van der Waals surface area contributed by atoms with E-state index in [0.29, 0.717) is 13.0 Å². The summed E-state index contributed by atoms with van der Waals surface area (Å²) in [5.41, 5.74) is 1.04. The van der Waals surface area contributed by atoms with Crippen LogP contribution in [0.5, 0.6) is 0 Å². The number of hydrogen-bond acceptors (Lipinski definition) is 2. The SMILES string of the molecule is CCC/C=C\C=C(/C)CC(=O)OCC. The van der Waals surface area contributed by atoms with Gasteiger partial charge in [0.25, 0.3) is 0 Å². The van der Waals surface area contributed by atoms with E-state index in [-0.39, 0.29) is 5.97 Å². The van der Waals surface area contributed by atoms with Crippen LogP contribution in [0.3, 0.4) is 0 Å². The first-order valence-corrected chi connectivity index (χ1v) is 5.18. The lowest BCUT2D eigenvalue weighted by atomic mass is 10.2. The Morgan fingerprint density at radius 2 is 2.07 bits per heavy atom. The van der Waals surface area contributed by atoms with Gasteiger partial charge in [0.15, 0.2) is 0 Å². The first-order valence-electron chi connectivity index (χ1n) is 5.18. The Bertz CT molecular complexity index is 214. The van der Waals surface area contributed by atoms with Crippen molar-refractivity contribution in [2.75, 3.05) is 6.61 Å². The Labute approximate surface area is 86.6 Å². The number of unbranched alkanes of at least 4 members (excludes halogenated alkanes) is 1. The summed E-state index contributed by atoms with van der Waals surface area (Å²) in [6.07, 6.45) is 8.70. The van der Waals surface area contributed by atoms with Crippen LogP contribution in [0.15, 0.2) is 23.8 Å². The molecule has 0 atom stereocenters. The molecule has 0 N–H and O–H groups in total. The highest BCUT2D eigenvalue weighted by Gasteiger charge is 2.00. The van der Waals surface area contributed by atoms with Gasteiger partial charge in [-0.15, -0.1) is 0 Å². The molecule has 0 saturated carbocycles. The minimum absolute atomic E-state index is 0.148. The van der Waals surface area contributed by atoms with Gasteiger partial charge in [-0.25, -0.2) is 0 Å². The van der Waals surface area contributed by atoms with Gasteiger partial charge in [0.2, 0.25) is 0 Å². The molecule has 0 aromatic heterocycles. The zero-order valence-electron chi connectivity index (χ0n) is 9.38. The van der Waals surface area contributed by atoms with Crippen LogP contribution in [0.4, 0.5) is 0 Å². The summed E-state index contributed by atoms with van der Waals surface area (Å²) in [5, 5.41) is 0. The molecule has 0 rings (SSSR count). The lowest BCUT2D eigenvalue weighted by molar-refractivity contribution is -0.142. The van der Waals surface area contributed by atoms with Crippen molar-refractivity contribution in [2.45, 2.75) is 40.0 Å². The van der Waals surface area contributed by atoms with Crippen molar-refractivity contribution in [1.29, 1.82) is 0 Å². The lowest BCUT2D eigenvalue weighted by Gasteiger charge is -2.00. The van der Waals surface area contributed by atoms with Crippen LogP contribution in [-0.4, -0.2) is 12.6 Å². The highest BCUT2D eigenvalue weighted by atomic mass is 16.5. The molecule has 0 bridgehead atoms. The molecule has 0 aromatic carbocycles. The van der Waals surface area contributed by atoms with Gasteiger partial charge in [0.1, 0.15) is 0 Å². The normalized spacial score (nSPS) is 12.1. The van der Waals surface area contributed by atoms with Crippen molar-refractivity contribution in [3.63, 3.8) is 0 Å². The summed E-state index contributed by atoms with van der Waals surface area (Å²) in [6, 6.07) is 0. The monoisotopic (exact) mass is 196 g/mol. The van der Waals surface area contributed by atoms with Crippen LogP contribution in [0, 0.1) is 0 Å². The molecule has 0 spiro atoms. The van der Waals surface area contributed by atoms with Crippen molar-refractivity contribution in [3.05, 3.63) is 23.8 Å². The smallest absolute Gasteiger partial charge is 0.309 e. The standard InChI is InChI=1S/C12H20O2/c1-4-6-7-8-9-11(3)10-12(13)14-5-2/h7-9H,4-6,10H2,1-3H3/b8-7-,11-9+. The topological polar surface area (TPSA) is 26.3 Å². The van der Waals surface area contributed by atoms with Gasteiger partial charge in [0, 0.05) is 0 Å². The van der Waals surface area contributed by atoms with Gasteiger partial charge in [-0.3, -0.25) is 4.79 Å². The second kappa shape index (κ2) is 8.54. The number of carbonyl (C=O) groups is 1. The molecule has 14 heavy (non-hydrogen) atoms. The van der Waals surface area contributed by atoms with Crippen molar-refractivity contribution in [2.24, 2.45) is 0 Å². The van der Waals surface area contributed by atoms with Gasteiger partial charge in [-0.2, -0.15) is 0 Å². The van der Waals surface area contributed by atoms with Gasteiger partial charge in [0.05, 0.1) is 13.0 Å². The average Bonchev–Trinajstić information content (AvgIpc) is 2.13. The summed E-state index contributed by atoms with van der Waals surface area (Å²) in [5.74, 6) is -0.148. The summed E-state index contributed by atoms with van der Waals surface area (Å²) in [4.78, 5) is 11.1. The zero-order valence-corrected chi connectivity index (χ0v) is 9.38.